The largest absolute Gasteiger partial charge is 0.482 e. The third kappa shape index (κ3) is 5.80. The predicted molar refractivity (Wildman–Crippen MR) is 97.4 cm³/mol. The van der Waals surface area contributed by atoms with Gasteiger partial charge in [0.15, 0.2) is 6.61 Å². The minimum Gasteiger partial charge on any atom is -0.482 e. The number of anilines is 1. The van der Waals surface area contributed by atoms with Gasteiger partial charge in [-0.25, -0.2) is 4.79 Å². The van der Waals surface area contributed by atoms with Gasteiger partial charge in [0, 0.05) is 11.8 Å². The number of nitriles is 1. The van der Waals surface area contributed by atoms with E-state index in [4.69, 9.17) is 14.7 Å². The molecule has 2 aromatic carbocycles. The molecule has 0 atom stereocenters. The Kier molecular flexibility index (Phi) is 6.95. The molecule has 6 nitrogen and oxygen atoms in total. The van der Waals surface area contributed by atoms with Gasteiger partial charge in [-0.15, -0.1) is 0 Å². The molecular weight excluding hydrogens is 332 g/mol. The van der Waals surface area contributed by atoms with Crippen LogP contribution in [0.4, 0.5) is 5.69 Å². The number of hydrogen-bond acceptors (Lipinski definition) is 5. The second-order valence-electron chi connectivity index (χ2n) is 5.15. The van der Waals surface area contributed by atoms with E-state index in [0.717, 1.165) is 5.56 Å². The number of carbonyl (C=O) groups is 2. The zero-order valence-corrected chi connectivity index (χ0v) is 14.3. The SMILES string of the molecule is CCOC(=O)/C=C/c1ccc(NC(=O)COc2ccccc2C#N)cc1. The zero-order valence-electron chi connectivity index (χ0n) is 14.3. The first-order chi connectivity index (χ1) is 12.6. The van der Waals surface area contributed by atoms with Gasteiger partial charge in [-0.2, -0.15) is 5.26 Å². The number of hydrogen-bond donors (Lipinski definition) is 1. The third-order valence-corrected chi connectivity index (χ3v) is 3.26. The van der Waals surface area contributed by atoms with Crippen LogP contribution in [0.2, 0.25) is 0 Å². The van der Waals surface area contributed by atoms with Crippen LogP contribution in [0.1, 0.15) is 18.1 Å². The maximum absolute atomic E-state index is 12.0. The molecule has 0 aliphatic heterocycles. The van der Waals surface area contributed by atoms with E-state index in [0.29, 0.717) is 23.6 Å². The van der Waals surface area contributed by atoms with Crippen LogP contribution in [0.3, 0.4) is 0 Å². The number of rotatable bonds is 7. The Balaban J connectivity index is 1.87. The third-order valence-electron chi connectivity index (χ3n) is 3.26. The summed E-state index contributed by atoms with van der Waals surface area (Å²) in [7, 11) is 0. The van der Waals surface area contributed by atoms with Gasteiger partial charge in [0.2, 0.25) is 0 Å². The van der Waals surface area contributed by atoms with Crippen LogP contribution in [-0.2, 0) is 14.3 Å². The first kappa shape index (κ1) is 18.7. The van der Waals surface area contributed by atoms with Crippen molar-refractivity contribution in [1.82, 2.24) is 0 Å². The highest BCUT2D eigenvalue weighted by Gasteiger charge is 2.06. The number of nitrogens with one attached hydrogen (secondary N) is 1. The van der Waals surface area contributed by atoms with E-state index in [1.165, 1.54) is 6.08 Å². The fourth-order valence-corrected chi connectivity index (χ4v) is 2.06. The number of para-hydroxylation sites is 1. The van der Waals surface area contributed by atoms with Crippen molar-refractivity contribution in [3.05, 3.63) is 65.7 Å². The first-order valence-corrected chi connectivity index (χ1v) is 7.99. The van der Waals surface area contributed by atoms with E-state index in [9.17, 15) is 9.59 Å². The molecule has 0 saturated carbocycles. The predicted octanol–water partition coefficient (Wildman–Crippen LogP) is 3.15. The summed E-state index contributed by atoms with van der Waals surface area (Å²) >= 11 is 0. The monoisotopic (exact) mass is 350 g/mol. The minimum absolute atomic E-state index is 0.205. The topological polar surface area (TPSA) is 88.4 Å². The number of esters is 1. The number of benzene rings is 2. The maximum Gasteiger partial charge on any atom is 0.330 e. The van der Waals surface area contributed by atoms with Crippen molar-refractivity contribution in [3.8, 4) is 11.8 Å². The first-order valence-electron chi connectivity index (χ1n) is 7.99. The second kappa shape index (κ2) is 9.64. The molecule has 6 heteroatoms. The van der Waals surface area contributed by atoms with Crippen LogP contribution in [0.25, 0.3) is 6.08 Å². The molecule has 0 spiro atoms. The average molecular weight is 350 g/mol. The summed E-state index contributed by atoms with van der Waals surface area (Å²) < 4.78 is 10.2. The molecule has 26 heavy (non-hydrogen) atoms. The molecule has 0 saturated heterocycles. The molecule has 0 unspecified atom stereocenters. The standard InChI is InChI=1S/C20H18N2O4/c1-2-25-20(24)12-9-15-7-10-17(11-8-15)22-19(23)14-26-18-6-4-3-5-16(18)13-21/h3-12H,2,14H2,1H3,(H,22,23)/b12-9+. The van der Waals surface area contributed by atoms with Crippen molar-refractivity contribution in [3.63, 3.8) is 0 Å². The van der Waals surface area contributed by atoms with Crippen molar-refractivity contribution >= 4 is 23.6 Å². The van der Waals surface area contributed by atoms with E-state index >= 15 is 0 Å². The normalized spacial score (nSPS) is 10.2. The van der Waals surface area contributed by atoms with Crippen LogP contribution in [-0.4, -0.2) is 25.1 Å². The number of nitrogens with zero attached hydrogens (tertiary/aromatic N) is 1. The van der Waals surface area contributed by atoms with Crippen molar-refractivity contribution in [2.45, 2.75) is 6.92 Å². The molecule has 0 heterocycles. The van der Waals surface area contributed by atoms with Crippen molar-refractivity contribution in [2.75, 3.05) is 18.5 Å². The quantitative estimate of drug-likeness (QED) is 0.612. The molecule has 0 bridgehead atoms. The molecular formula is C20H18N2O4. The Hall–Kier alpha value is -3.59. The van der Waals surface area contributed by atoms with Crippen molar-refractivity contribution in [1.29, 1.82) is 5.26 Å². The smallest absolute Gasteiger partial charge is 0.330 e. The van der Waals surface area contributed by atoms with Crippen LogP contribution < -0.4 is 10.1 Å². The maximum atomic E-state index is 12.0. The van der Waals surface area contributed by atoms with Crippen LogP contribution in [0.15, 0.2) is 54.6 Å². The van der Waals surface area contributed by atoms with Gasteiger partial charge in [-0.1, -0.05) is 24.3 Å². The highest BCUT2D eigenvalue weighted by Crippen LogP contribution is 2.16. The molecule has 0 aliphatic carbocycles. The van der Waals surface area contributed by atoms with Gasteiger partial charge in [-0.3, -0.25) is 4.79 Å². The second-order valence-corrected chi connectivity index (χ2v) is 5.15. The molecule has 2 aromatic rings. The molecule has 1 amide bonds. The molecule has 0 fully saturated rings. The molecule has 2 rings (SSSR count). The summed E-state index contributed by atoms with van der Waals surface area (Å²) in [5.41, 5.74) is 1.77. The lowest BCUT2D eigenvalue weighted by atomic mass is 10.2. The Morgan fingerprint density at radius 3 is 2.58 bits per heavy atom. The van der Waals surface area contributed by atoms with Gasteiger partial charge < -0.3 is 14.8 Å². The van der Waals surface area contributed by atoms with Gasteiger partial charge in [0.05, 0.1) is 12.2 Å². The lowest BCUT2D eigenvalue weighted by Crippen LogP contribution is -2.20. The van der Waals surface area contributed by atoms with Gasteiger partial charge in [0.1, 0.15) is 11.8 Å². The summed E-state index contributed by atoms with van der Waals surface area (Å²) in [4.78, 5) is 23.2. The summed E-state index contributed by atoms with van der Waals surface area (Å²) in [6, 6.07) is 15.7. The van der Waals surface area contributed by atoms with Crippen LogP contribution in [0, 0.1) is 11.3 Å². The Morgan fingerprint density at radius 1 is 1.15 bits per heavy atom. The summed E-state index contributed by atoms with van der Waals surface area (Å²) in [6.45, 7) is 1.87. The molecule has 0 aliphatic rings. The molecule has 0 aromatic heterocycles. The van der Waals surface area contributed by atoms with E-state index in [1.54, 1.807) is 61.5 Å². The van der Waals surface area contributed by atoms with Gasteiger partial charge in [0.25, 0.3) is 5.91 Å². The summed E-state index contributed by atoms with van der Waals surface area (Å²) in [6.07, 6.45) is 2.98. The van der Waals surface area contributed by atoms with E-state index in [1.807, 2.05) is 6.07 Å². The molecule has 132 valence electrons. The molecule has 1 N–H and O–H groups in total. The Labute approximate surface area is 151 Å². The zero-order chi connectivity index (χ0) is 18.8. The highest BCUT2D eigenvalue weighted by molar-refractivity contribution is 5.92. The fourth-order valence-electron chi connectivity index (χ4n) is 2.06. The lowest BCUT2D eigenvalue weighted by Gasteiger charge is -2.08. The van der Waals surface area contributed by atoms with E-state index < -0.39 is 5.97 Å². The minimum atomic E-state index is -0.403. The average Bonchev–Trinajstić information content (AvgIpc) is 2.66. The number of ether oxygens (including phenoxy) is 2. The summed E-state index contributed by atoms with van der Waals surface area (Å²) in [5, 5.41) is 11.7. The lowest BCUT2D eigenvalue weighted by molar-refractivity contribution is -0.137. The van der Waals surface area contributed by atoms with Gasteiger partial charge >= 0.3 is 5.97 Å². The number of amides is 1. The summed E-state index contributed by atoms with van der Waals surface area (Å²) in [5.74, 6) is -0.378. The van der Waals surface area contributed by atoms with Crippen LogP contribution >= 0.6 is 0 Å². The molecule has 0 radical (unpaired) electrons. The van der Waals surface area contributed by atoms with Crippen molar-refractivity contribution in [2.24, 2.45) is 0 Å². The number of carbonyl (C=O) groups excluding carboxylic acids is 2. The van der Waals surface area contributed by atoms with Gasteiger partial charge in [-0.05, 0) is 42.8 Å². The highest BCUT2D eigenvalue weighted by atomic mass is 16.5. The van der Waals surface area contributed by atoms with Crippen molar-refractivity contribution < 1.29 is 19.1 Å². The van der Waals surface area contributed by atoms with Crippen LogP contribution in [0.5, 0.6) is 5.75 Å². The Bertz CT molecular complexity index is 836. The van der Waals surface area contributed by atoms with E-state index in [2.05, 4.69) is 5.32 Å². The van der Waals surface area contributed by atoms with E-state index in [-0.39, 0.29) is 12.5 Å². The Morgan fingerprint density at radius 2 is 1.88 bits per heavy atom. The fraction of sp³-hybridized carbons (Fsp3) is 0.150.